The topological polar surface area (TPSA) is 29.3 Å². The van der Waals surface area contributed by atoms with Crippen LogP contribution in [0.1, 0.15) is 23.2 Å². The lowest BCUT2D eigenvalue weighted by atomic mass is 9.93. The molecule has 2 aromatic rings. The summed E-state index contributed by atoms with van der Waals surface area (Å²) in [5.41, 5.74) is 8.24. The van der Waals surface area contributed by atoms with Gasteiger partial charge in [0.1, 0.15) is 0 Å². The van der Waals surface area contributed by atoms with Crippen LogP contribution in [0.15, 0.2) is 60.7 Å². The first kappa shape index (κ1) is 15.6. The minimum absolute atomic E-state index is 0.289. The van der Waals surface area contributed by atoms with Crippen LogP contribution in [0, 0.1) is 0 Å². The van der Waals surface area contributed by atoms with Crippen molar-refractivity contribution in [1.29, 1.82) is 0 Å². The number of nitrogens with zero attached hydrogens (tertiary/aromatic N) is 1. The molecule has 4 heteroatoms. The Morgan fingerprint density at radius 3 is 1.86 bits per heavy atom. The molecule has 0 saturated heterocycles. The van der Waals surface area contributed by atoms with Gasteiger partial charge in [-0.25, -0.2) is 8.78 Å². The van der Waals surface area contributed by atoms with Gasteiger partial charge in [0.15, 0.2) is 0 Å². The van der Waals surface area contributed by atoms with E-state index in [0.29, 0.717) is 0 Å². The van der Waals surface area contributed by atoms with Crippen molar-refractivity contribution >= 4 is 0 Å². The maximum Gasteiger partial charge on any atom is 0.251 e. The molecule has 21 heavy (non-hydrogen) atoms. The van der Waals surface area contributed by atoms with E-state index in [1.165, 1.54) is 0 Å². The molecule has 0 amide bonds. The number of benzene rings is 2. The van der Waals surface area contributed by atoms with Crippen molar-refractivity contribution in [3.63, 3.8) is 0 Å². The highest BCUT2D eigenvalue weighted by Crippen LogP contribution is 2.31. The van der Waals surface area contributed by atoms with E-state index >= 15 is 0 Å². The number of hydrogen-bond acceptors (Lipinski definition) is 2. The fourth-order valence-electron chi connectivity index (χ4n) is 2.58. The maximum atomic E-state index is 12.7. The molecule has 0 saturated carbocycles. The van der Waals surface area contributed by atoms with Gasteiger partial charge in [0.25, 0.3) is 6.43 Å². The lowest BCUT2D eigenvalue weighted by Crippen LogP contribution is -2.36. The second kappa shape index (κ2) is 7.29. The number of rotatable bonds is 6. The molecule has 2 nitrogen and oxygen atoms in total. The predicted octanol–water partition coefficient (Wildman–Crippen LogP) is 3.62. The van der Waals surface area contributed by atoms with Crippen molar-refractivity contribution in [1.82, 2.24) is 4.90 Å². The summed E-state index contributed by atoms with van der Waals surface area (Å²) in [7, 11) is 1.69. The molecule has 0 aliphatic rings. The average molecular weight is 290 g/mol. The third kappa shape index (κ3) is 4.09. The van der Waals surface area contributed by atoms with Gasteiger partial charge in [-0.05, 0) is 18.2 Å². The van der Waals surface area contributed by atoms with Crippen molar-refractivity contribution in [3.05, 3.63) is 71.8 Å². The molecule has 0 radical (unpaired) electrons. The first-order valence-corrected chi connectivity index (χ1v) is 6.93. The predicted molar refractivity (Wildman–Crippen MR) is 81.2 cm³/mol. The van der Waals surface area contributed by atoms with Gasteiger partial charge < -0.3 is 5.73 Å². The first-order valence-electron chi connectivity index (χ1n) is 6.93. The van der Waals surface area contributed by atoms with Crippen molar-refractivity contribution in [2.24, 2.45) is 5.73 Å². The fraction of sp³-hybridized carbons (Fsp3) is 0.294. The van der Waals surface area contributed by atoms with Crippen LogP contribution < -0.4 is 5.73 Å². The van der Waals surface area contributed by atoms with E-state index in [1.807, 2.05) is 60.7 Å². The van der Waals surface area contributed by atoms with Crippen LogP contribution in [0.4, 0.5) is 8.78 Å². The highest BCUT2D eigenvalue weighted by molar-refractivity contribution is 5.27. The Morgan fingerprint density at radius 2 is 1.38 bits per heavy atom. The second-order valence-corrected chi connectivity index (χ2v) is 5.12. The van der Waals surface area contributed by atoms with Gasteiger partial charge in [0.05, 0.1) is 12.6 Å². The second-order valence-electron chi connectivity index (χ2n) is 5.12. The highest BCUT2D eigenvalue weighted by Gasteiger charge is 2.26. The van der Waals surface area contributed by atoms with Crippen LogP contribution in [0.25, 0.3) is 0 Å². The Hall–Kier alpha value is -1.78. The number of nitrogens with two attached hydrogens (primary N) is 1. The van der Waals surface area contributed by atoms with Gasteiger partial charge in [-0.2, -0.15) is 0 Å². The molecule has 2 atom stereocenters. The molecular weight excluding hydrogens is 270 g/mol. The number of likely N-dealkylation sites (N-methyl/N-ethyl adjacent to an activating group) is 1. The van der Waals surface area contributed by atoms with Gasteiger partial charge in [0, 0.05) is 6.04 Å². The molecule has 0 aliphatic heterocycles. The molecule has 2 aromatic carbocycles. The molecule has 0 aliphatic carbocycles. The van der Waals surface area contributed by atoms with Gasteiger partial charge >= 0.3 is 0 Å². The van der Waals surface area contributed by atoms with Gasteiger partial charge in [-0.15, -0.1) is 0 Å². The van der Waals surface area contributed by atoms with E-state index in [9.17, 15) is 8.78 Å². The summed E-state index contributed by atoms with van der Waals surface area (Å²) >= 11 is 0. The first-order chi connectivity index (χ1) is 10.1. The minimum Gasteiger partial charge on any atom is -0.322 e. The number of hydrogen-bond donors (Lipinski definition) is 1. The Morgan fingerprint density at radius 1 is 0.905 bits per heavy atom. The summed E-state index contributed by atoms with van der Waals surface area (Å²) in [5.74, 6) is 0. The number of alkyl halides is 2. The molecule has 2 N–H and O–H groups in total. The summed E-state index contributed by atoms with van der Waals surface area (Å²) < 4.78 is 25.5. The summed E-state index contributed by atoms with van der Waals surface area (Å²) in [5, 5.41) is 0. The molecule has 2 unspecified atom stereocenters. The molecular formula is C17H20F2N2. The van der Waals surface area contributed by atoms with Crippen LogP contribution in [-0.2, 0) is 0 Å². The molecule has 0 aromatic heterocycles. The van der Waals surface area contributed by atoms with E-state index in [-0.39, 0.29) is 18.6 Å². The normalized spacial score (nSPS) is 14.4. The van der Waals surface area contributed by atoms with E-state index in [2.05, 4.69) is 0 Å². The summed E-state index contributed by atoms with van der Waals surface area (Å²) in [4.78, 5) is 1.62. The largest absolute Gasteiger partial charge is 0.322 e. The fourth-order valence-corrected chi connectivity index (χ4v) is 2.58. The minimum atomic E-state index is -2.39. The van der Waals surface area contributed by atoms with Crippen LogP contribution >= 0.6 is 0 Å². The van der Waals surface area contributed by atoms with E-state index in [0.717, 1.165) is 11.1 Å². The smallest absolute Gasteiger partial charge is 0.251 e. The van der Waals surface area contributed by atoms with Crippen LogP contribution in [0.3, 0.4) is 0 Å². The van der Waals surface area contributed by atoms with Crippen LogP contribution in [0.2, 0.25) is 0 Å². The summed E-state index contributed by atoms with van der Waals surface area (Å²) in [6, 6.07) is 18.5. The molecule has 0 bridgehead atoms. The quantitative estimate of drug-likeness (QED) is 0.880. The lowest BCUT2D eigenvalue weighted by molar-refractivity contribution is 0.0738. The Bertz CT molecular complexity index is 531. The number of halogens is 2. The van der Waals surface area contributed by atoms with Gasteiger partial charge in [0.2, 0.25) is 0 Å². The van der Waals surface area contributed by atoms with E-state index in [1.54, 1.807) is 11.9 Å². The van der Waals surface area contributed by atoms with Crippen LogP contribution in [-0.4, -0.2) is 24.9 Å². The molecule has 0 fully saturated rings. The van der Waals surface area contributed by atoms with Gasteiger partial charge in [-0.3, -0.25) is 4.90 Å². The third-order valence-corrected chi connectivity index (χ3v) is 3.57. The average Bonchev–Trinajstić information content (AvgIpc) is 2.48. The zero-order valence-electron chi connectivity index (χ0n) is 12.0. The third-order valence-electron chi connectivity index (χ3n) is 3.57. The van der Waals surface area contributed by atoms with Crippen molar-refractivity contribution in [3.8, 4) is 0 Å². The maximum absolute atomic E-state index is 12.7. The van der Waals surface area contributed by atoms with Crippen molar-refractivity contribution in [2.75, 3.05) is 13.6 Å². The zero-order valence-corrected chi connectivity index (χ0v) is 12.0. The Balaban J connectivity index is 2.32. The molecule has 0 spiro atoms. The van der Waals surface area contributed by atoms with Gasteiger partial charge in [-0.1, -0.05) is 60.7 Å². The molecule has 112 valence electrons. The Labute approximate surface area is 124 Å². The monoisotopic (exact) mass is 290 g/mol. The standard InChI is InChI=1S/C17H20F2N2/c1-21(12-15(18)19)17(14-10-6-3-7-11-14)16(20)13-8-4-2-5-9-13/h2-11,15-17H,12,20H2,1H3. The summed E-state index contributed by atoms with van der Waals surface area (Å²) in [6.07, 6.45) is -2.39. The van der Waals surface area contributed by atoms with Crippen molar-refractivity contribution < 1.29 is 8.78 Å². The lowest BCUT2D eigenvalue weighted by Gasteiger charge is -2.33. The zero-order chi connectivity index (χ0) is 15.2. The molecule has 2 rings (SSSR count). The van der Waals surface area contributed by atoms with Crippen LogP contribution in [0.5, 0.6) is 0 Å². The van der Waals surface area contributed by atoms with Crippen molar-refractivity contribution in [2.45, 2.75) is 18.5 Å². The SMILES string of the molecule is CN(CC(F)F)C(c1ccccc1)C(N)c1ccccc1. The summed E-state index contributed by atoms with van der Waals surface area (Å²) in [6.45, 7) is -0.305. The highest BCUT2D eigenvalue weighted by atomic mass is 19.3. The van der Waals surface area contributed by atoms with E-state index in [4.69, 9.17) is 5.73 Å². The molecule has 0 heterocycles. The van der Waals surface area contributed by atoms with E-state index < -0.39 is 6.43 Å². The Kier molecular flexibility index (Phi) is 5.42.